The third-order valence-corrected chi connectivity index (χ3v) is 5.09. The molecule has 0 saturated carbocycles. The van der Waals surface area contributed by atoms with Crippen molar-refractivity contribution in [2.75, 3.05) is 6.54 Å². The molecule has 2 aromatic rings. The molecule has 5 heteroatoms. The molecule has 3 rings (SSSR count). The molecule has 0 saturated heterocycles. The number of benzene rings is 2. The van der Waals surface area contributed by atoms with E-state index >= 15 is 0 Å². The van der Waals surface area contributed by atoms with E-state index in [4.69, 9.17) is 0 Å². The molecule has 1 aliphatic rings. The van der Waals surface area contributed by atoms with Gasteiger partial charge in [-0.1, -0.05) is 36.4 Å². The standard InChI is InChI=1S/C23H29N3O2/c1-16(2)26-23(28)25-14-17-10-12-19(13-11-17)22(27)24-15-20-8-5-7-18-6-3-4-9-21(18)20/h3-4,6,9-13,16,20H,5,7-8,14-15H2,1-2H3,(H,24,27)(H2,25,26,28). The van der Waals surface area contributed by atoms with Crippen molar-refractivity contribution in [1.29, 1.82) is 0 Å². The summed E-state index contributed by atoms with van der Waals surface area (Å²) in [5.41, 5.74) is 4.37. The molecule has 1 unspecified atom stereocenters. The smallest absolute Gasteiger partial charge is 0.315 e. The van der Waals surface area contributed by atoms with Crippen LogP contribution in [0.5, 0.6) is 0 Å². The maximum atomic E-state index is 12.5. The molecule has 1 atom stereocenters. The summed E-state index contributed by atoms with van der Waals surface area (Å²) >= 11 is 0. The Bertz CT molecular complexity index is 815. The fourth-order valence-corrected chi connectivity index (χ4v) is 3.65. The van der Waals surface area contributed by atoms with Gasteiger partial charge in [-0.15, -0.1) is 0 Å². The summed E-state index contributed by atoms with van der Waals surface area (Å²) in [7, 11) is 0. The molecule has 0 bridgehead atoms. The lowest BCUT2D eigenvalue weighted by Crippen LogP contribution is -2.39. The van der Waals surface area contributed by atoms with Crippen LogP contribution in [0.2, 0.25) is 0 Å². The van der Waals surface area contributed by atoms with Gasteiger partial charge in [0.05, 0.1) is 0 Å². The van der Waals surface area contributed by atoms with E-state index in [0.717, 1.165) is 18.4 Å². The highest BCUT2D eigenvalue weighted by atomic mass is 16.2. The minimum absolute atomic E-state index is 0.0554. The van der Waals surface area contributed by atoms with Crippen LogP contribution in [0.15, 0.2) is 48.5 Å². The number of aryl methyl sites for hydroxylation is 1. The first kappa shape index (κ1) is 19.9. The second kappa shape index (κ2) is 9.40. The van der Waals surface area contributed by atoms with E-state index in [1.807, 2.05) is 38.1 Å². The summed E-state index contributed by atoms with van der Waals surface area (Å²) in [5, 5.41) is 8.67. The lowest BCUT2D eigenvalue weighted by Gasteiger charge is -2.25. The normalized spacial score (nSPS) is 15.6. The second-order valence-electron chi connectivity index (χ2n) is 7.68. The highest BCUT2D eigenvalue weighted by Crippen LogP contribution is 2.30. The van der Waals surface area contributed by atoms with Gasteiger partial charge >= 0.3 is 6.03 Å². The zero-order valence-electron chi connectivity index (χ0n) is 16.6. The third kappa shape index (κ3) is 5.35. The van der Waals surface area contributed by atoms with E-state index in [2.05, 4.69) is 40.2 Å². The first-order valence-electron chi connectivity index (χ1n) is 10.0. The topological polar surface area (TPSA) is 70.2 Å². The molecule has 0 aromatic heterocycles. The molecule has 2 aromatic carbocycles. The number of urea groups is 1. The number of hydrogen-bond acceptors (Lipinski definition) is 2. The number of fused-ring (bicyclic) bond motifs is 1. The molecular formula is C23H29N3O2. The molecule has 1 aliphatic carbocycles. The van der Waals surface area contributed by atoms with E-state index in [1.54, 1.807) is 0 Å². The Hall–Kier alpha value is -2.82. The molecule has 5 nitrogen and oxygen atoms in total. The summed E-state index contributed by atoms with van der Waals surface area (Å²) in [6.45, 7) is 4.92. The van der Waals surface area contributed by atoms with Crippen LogP contribution in [0.3, 0.4) is 0 Å². The molecule has 3 amide bonds. The quantitative estimate of drug-likeness (QED) is 0.715. The van der Waals surface area contributed by atoms with E-state index < -0.39 is 0 Å². The summed E-state index contributed by atoms with van der Waals surface area (Å²) in [5.74, 6) is 0.331. The predicted molar refractivity (Wildman–Crippen MR) is 111 cm³/mol. The van der Waals surface area contributed by atoms with Crippen molar-refractivity contribution in [1.82, 2.24) is 16.0 Å². The zero-order valence-corrected chi connectivity index (χ0v) is 16.6. The minimum Gasteiger partial charge on any atom is -0.351 e. The third-order valence-electron chi connectivity index (χ3n) is 5.09. The average molecular weight is 380 g/mol. The van der Waals surface area contributed by atoms with Gasteiger partial charge < -0.3 is 16.0 Å². The fourth-order valence-electron chi connectivity index (χ4n) is 3.65. The summed E-state index contributed by atoms with van der Waals surface area (Å²) in [6, 6.07) is 15.8. The van der Waals surface area contributed by atoms with Gasteiger partial charge in [-0.3, -0.25) is 4.79 Å². The summed E-state index contributed by atoms with van der Waals surface area (Å²) in [4.78, 5) is 24.1. The second-order valence-corrected chi connectivity index (χ2v) is 7.68. The van der Waals surface area contributed by atoms with Gasteiger partial charge in [0, 0.05) is 30.6 Å². The van der Waals surface area contributed by atoms with Gasteiger partial charge in [-0.05, 0) is 61.9 Å². The van der Waals surface area contributed by atoms with Crippen molar-refractivity contribution in [3.05, 3.63) is 70.8 Å². The van der Waals surface area contributed by atoms with Crippen molar-refractivity contribution in [3.63, 3.8) is 0 Å². The van der Waals surface area contributed by atoms with Gasteiger partial charge in [-0.2, -0.15) is 0 Å². The monoisotopic (exact) mass is 379 g/mol. The van der Waals surface area contributed by atoms with Crippen molar-refractivity contribution in [2.45, 2.75) is 51.6 Å². The van der Waals surface area contributed by atoms with Gasteiger partial charge in [0.2, 0.25) is 0 Å². The Morgan fingerprint density at radius 3 is 2.54 bits per heavy atom. The average Bonchev–Trinajstić information content (AvgIpc) is 2.70. The maximum absolute atomic E-state index is 12.5. The Kier molecular flexibility index (Phi) is 6.69. The van der Waals surface area contributed by atoms with Crippen LogP contribution in [0, 0.1) is 0 Å². The molecule has 148 valence electrons. The lowest BCUT2D eigenvalue weighted by atomic mass is 9.83. The fraction of sp³-hybridized carbons (Fsp3) is 0.391. The van der Waals surface area contributed by atoms with Crippen LogP contribution in [0.25, 0.3) is 0 Å². The van der Waals surface area contributed by atoms with Gasteiger partial charge in [0.15, 0.2) is 0 Å². The van der Waals surface area contributed by atoms with E-state index in [-0.39, 0.29) is 18.0 Å². The van der Waals surface area contributed by atoms with Crippen molar-refractivity contribution < 1.29 is 9.59 Å². The molecule has 0 aliphatic heterocycles. The number of nitrogens with one attached hydrogen (secondary N) is 3. The number of rotatable bonds is 6. The van der Waals surface area contributed by atoms with Crippen molar-refractivity contribution in [2.24, 2.45) is 0 Å². The number of carbonyl (C=O) groups excluding carboxylic acids is 2. The first-order valence-corrected chi connectivity index (χ1v) is 10.0. The number of hydrogen-bond donors (Lipinski definition) is 3. The van der Waals surface area contributed by atoms with Crippen LogP contribution >= 0.6 is 0 Å². The minimum atomic E-state index is -0.190. The van der Waals surface area contributed by atoms with E-state index in [0.29, 0.717) is 24.6 Å². The molecule has 3 N–H and O–H groups in total. The largest absolute Gasteiger partial charge is 0.351 e. The molecule has 0 radical (unpaired) electrons. The van der Waals surface area contributed by atoms with Crippen molar-refractivity contribution in [3.8, 4) is 0 Å². The van der Waals surface area contributed by atoms with Crippen molar-refractivity contribution >= 4 is 11.9 Å². The zero-order chi connectivity index (χ0) is 19.9. The lowest BCUT2D eigenvalue weighted by molar-refractivity contribution is 0.0950. The Balaban J connectivity index is 1.51. The predicted octanol–water partition coefficient (Wildman–Crippen LogP) is 3.74. The van der Waals surface area contributed by atoms with E-state index in [9.17, 15) is 9.59 Å². The van der Waals surface area contributed by atoms with Crippen LogP contribution in [0.4, 0.5) is 4.79 Å². The molecule has 28 heavy (non-hydrogen) atoms. The molecular weight excluding hydrogens is 350 g/mol. The van der Waals surface area contributed by atoms with E-state index in [1.165, 1.54) is 17.5 Å². The highest BCUT2D eigenvalue weighted by molar-refractivity contribution is 5.94. The Labute approximate surface area is 166 Å². The number of amides is 3. The SMILES string of the molecule is CC(C)NC(=O)NCc1ccc(C(=O)NCC2CCCc3ccccc32)cc1. The molecule has 0 fully saturated rings. The van der Waals surface area contributed by atoms with Gasteiger partial charge in [0.1, 0.15) is 0 Å². The van der Waals surface area contributed by atoms with Crippen LogP contribution in [-0.2, 0) is 13.0 Å². The summed E-state index contributed by atoms with van der Waals surface area (Å²) < 4.78 is 0. The molecule has 0 spiro atoms. The maximum Gasteiger partial charge on any atom is 0.315 e. The molecule has 0 heterocycles. The van der Waals surface area contributed by atoms with Crippen LogP contribution in [-0.4, -0.2) is 24.5 Å². The van der Waals surface area contributed by atoms with Crippen LogP contribution < -0.4 is 16.0 Å². The Morgan fingerprint density at radius 1 is 1.04 bits per heavy atom. The first-order chi connectivity index (χ1) is 13.5. The highest BCUT2D eigenvalue weighted by Gasteiger charge is 2.20. The summed E-state index contributed by atoms with van der Waals surface area (Å²) in [6.07, 6.45) is 3.41. The Morgan fingerprint density at radius 2 is 1.79 bits per heavy atom. The van der Waals surface area contributed by atoms with Gasteiger partial charge in [-0.25, -0.2) is 4.79 Å². The van der Waals surface area contributed by atoms with Crippen LogP contribution in [0.1, 0.15) is 59.7 Å². The van der Waals surface area contributed by atoms with Gasteiger partial charge in [0.25, 0.3) is 5.91 Å². The number of carbonyl (C=O) groups is 2.